The first-order valence-electron chi connectivity index (χ1n) is 13.6. The number of benzene rings is 1. The highest BCUT2D eigenvalue weighted by molar-refractivity contribution is 7.98. The number of carbonyl (C=O) groups is 4. The Labute approximate surface area is 243 Å². The van der Waals surface area contributed by atoms with E-state index in [0.29, 0.717) is 50.9 Å². The molecule has 0 bridgehead atoms. The number of nitrogens with zero attached hydrogens (tertiary/aromatic N) is 2. The number of H-pyrrole nitrogens is 1. The van der Waals surface area contributed by atoms with Crippen molar-refractivity contribution in [2.24, 2.45) is 22.2 Å². The second-order valence-corrected chi connectivity index (χ2v) is 11.0. The summed E-state index contributed by atoms with van der Waals surface area (Å²) in [6, 6.07) is 3.78. The van der Waals surface area contributed by atoms with Gasteiger partial charge >= 0.3 is 5.97 Å². The van der Waals surface area contributed by atoms with Crippen LogP contribution in [0.25, 0.3) is 10.9 Å². The summed E-state index contributed by atoms with van der Waals surface area (Å²) in [5.74, 6) is -2.00. The molecule has 3 rings (SSSR count). The number of hydrogen-bond acceptors (Lipinski definition) is 7. The number of guanidine groups is 1. The van der Waals surface area contributed by atoms with E-state index in [0.717, 1.165) is 16.5 Å². The van der Waals surface area contributed by atoms with Crippen LogP contribution in [0.1, 0.15) is 37.7 Å². The maximum absolute atomic E-state index is 13.6. The van der Waals surface area contributed by atoms with Crippen molar-refractivity contribution in [3.05, 3.63) is 36.0 Å². The lowest BCUT2D eigenvalue weighted by atomic mass is 10.0. The van der Waals surface area contributed by atoms with Gasteiger partial charge in [-0.25, -0.2) is 4.79 Å². The summed E-state index contributed by atoms with van der Waals surface area (Å²) in [5, 5.41) is 16.1. The molecule has 3 amide bonds. The van der Waals surface area contributed by atoms with E-state index < -0.39 is 42.0 Å². The molecule has 14 heteroatoms. The molecule has 13 nitrogen and oxygen atoms in total. The second kappa shape index (κ2) is 15.3. The van der Waals surface area contributed by atoms with Gasteiger partial charge in [0.05, 0.1) is 6.04 Å². The lowest BCUT2D eigenvalue weighted by Crippen LogP contribution is -2.57. The Hall–Kier alpha value is -3.78. The molecular weight excluding hydrogens is 548 g/mol. The third-order valence-corrected chi connectivity index (χ3v) is 7.73. The third-order valence-electron chi connectivity index (χ3n) is 7.08. The Kier molecular flexibility index (Phi) is 11.8. The van der Waals surface area contributed by atoms with Crippen molar-refractivity contribution in [1.29, 1.82) is 0 Å². The number of aromatic amines is 1. The average Bonchev–Trinajstić information content (AvgIpc) is 3.60. The van der Waals surface area contributed by atoms with Gasteiger partial charge in [0, 0.05) is 36.6 Å². The number of aliphatic carboxylic acids is 1. The van der Waals surface area contributed by atoms with E-state index in [1.54, 1.807) is 6.20 Å². The molecule has 41 heavy (non-hydrogen) atoms. The smallest absolute Gasteiger partial charge is 0.326 e. The number of nitrogens with one attached hydrogen (secondary N) is 3. The van der Waals surface area contributed by atoms with Gasteiger partial charge in [-0.2, -0.15) is 11.8 Å². The van der Waals surface area contributed by atoms with Crippen LogP contribution in [0.3, 0.4) is 0 Å². The normalized spacial score (nSPS) is 17.0. The van der Waals surface area contributed by atoms with Crippen molar-refractivity contribution in [1.82, 2.24) is 20.5 Å². The van der Waals surface area contributed by atoms with Crippen LogP contribution >= 0.6 is 11.8 Å². The van der Waals surface area contributed by atoms with Crippen molar-refractivity contribution < 1.29 is 24.3 Å². The largest absolute Gasteiger partial charge is 0.480 e. The van der Waals surface area contributed by atoms with Gasteiger partial charge < -0.3 is 42.8 Å². The van der Waals surface area contributed by atoms with E-state index in [-0.39, 0.29) is 18.3 Å². The number of carboxylic acid groups (broad SMARTS) is 1. The van der Waals surface area contributed by atoms with Gasteiger partial charge in [0.25, 0.3) is 0 Å². The first-order chi connectivity index (χ1) is 19.6. The average molecular weight is 589 g/mol. The summed E-state index contributed by atoms with van der Waals surface area (Å²) < 4.78 is 0. The summed E-state index contributed by atoms with van der Waals surface area (Å²) in [7, 11) is 0. The minimum Gasteiger partial charge on any atom is -0.480 e. The Morgan fingerprint density at radius 2 is 1.93 bits per heavy atom. The summed E-state index contributed by atoms with van der Waals surface area (Å²) in [4.78, 5) is 60.2. The number of nitrogens with two attached hydrogens (primary N) is 3. The quantitative estimate of drug-likeness (QED) is 0.0836. The zero-order valence-corrected chi connectivity index (χ0v) is 24.0. The van der Waals surface area contributed by atoms with Gasteiger partial charge in [-0.05, 0) is 55.7 Å². The molecule has 0 spiro atoms. The van der Waals surface area contributed by atoms with Gasteiger partial charge in [-0.1, -0.05) is 18.2 Å². The number of likely N-dealkylation sites (tertiary alicyclic amines) is 1. The molecule has 1 aliphatic heterocycles. The maximum atomic E-state index is 13.6. The molecule has 1 aromatic heterocycles. The SMILES string of the molecule is CSCCC(NC(=O)C(N)CCCN=C(N)N)C(=O)N1CCCC1C(=O)NC(Cc1c[nH]c2ccccc12)C(=O)O. The van der Waals surface area contributed by atoms with E-state index in [9.17, 15) is 24.3 Å². The molecular formula is C27H40N8O5S. The molecule has 0 radical (unpaired) electrons. The number of aliphatic imine (C=N–C) groups is 1. The van der Waals surface area contributed by atoms with Gasteiger partial charge in [0.15, 0.2) is 5.96 Å². The Morgan fingerprint density at radius 1 is 1.17 bits per heavy atom. The van der Waals surface area contributed by atoms with E-state index in [4.69, 9.17) is 17.2 Å². The number of amides is 3. The number of thioether (sulfide) groups is 1. The minimum absolute atomic E-state index is 0.0393. The number of carboxylic acids is 1. The first-order valence-corrected chi connectivity index (χ1v) is 15.0. The molecule has 224 valence electrons. The van der Waals surface area contributed by atoms with Crippen LogP contribution in [0.5, 0.6) is 0 Å². The van der Waals surface area contributed by atoms with E-state index in [1.807, 2.05) is 30.5 Å². The van der Waals surface area contributed by atoms with Gasteiger partial charge in [-0.3, -0.25) is 19.4 Å². The van der Waals surface area contributed by atoms with Crippen LogP contribution in [-0.2, 0) is 25.6 Å². The summed E-state index contributed by atoms with van der Waals surface area (Å²) >= 11 is 1.53. The number of para-hydroxylation sites is 1. The fourth-order valence-electron chi connectivity index (χ4n) is 4.91. The van der Waals surface area contributed by atoms with Crippen LogP contribution in [0.15, 0.2) is 35.5 Å². The van der Waals surface area contributed by atoms with E-state index >= 15 is 0 Å². The van der Waals surface area contributed by atoms with Crippen LogP contribution in [0, 0.1) is 0 Å². The lowest BCUT2D eigenvalue weighted by molar-refractivity contribution is -0.144. The maximum Gasteiger partial charge on any atom is 0.326 e. The van der Waals surface area contributed by atoms with Crippen molar-refractivity contribution in [3.8, 4) is 0 Å². The fourth-order valence-corrected chi connectivity index (χ4v) is 5.39. The van der Waals surface area contributed by atoms with Crippen LogP contribution < -0.4 is 27.8 Å². The van der Waals surface area contributed by atoms with Crippen molar-refractivity contribution >= 4 is 52.3 Å². The highest BCUT2D eigenvalue weighted by Crippen LogP contribution is 2.22. The Morgan fingerprint density at radius 3 is 2.63 bits per heavy atom. The van der Waals surface area contributed by atoms with Gasteiger partial charge in [0.2, 0.25) is 17.7 Å². The van der Waals surface area contributed by atoms with Crippen LogP contribution in [-0.4, -0.2) is 93.9 Å². The van der Waals surface area contributed by atoms with Crippen molar-refractivity contribution in [3.63, 3.8) is 0 Å². The third kappa shape index (κ3) is 8.85. The topological polar surface area (TPSA) is 222 Å². The highest BCUT2D eigenvalue weighted by Gasteiger charge is 2.39. The molecule has 1 aromatic carbocycles. The number of fused-ring (bicyclic) bond motifs is 1. The van der Waals surface area contributed by atoms with E-state index in [1.165, 1.54) is 16.7 Å². The number of aromatic nitrogens is 1. The van der Waals surface area contributed by atoms with Crippen molar-refractivity contribution in [2.75, 3.05) is 25.1 Å². The molecule has 4 unspecified atom stereocenters. The fraction of sp³-hybridized carbons (Fsp3) is 0.519. The first kappa shape index (κ1) is 31.7. The second-order valence-electron chi connectivity index (χ2n) is 10.1. The molecule has 0 aliphatic carbocycles. The molecule has 0 saturated carbocycles. The molecule has 1 aliphatic rings. The standard InChI is InChI=1S/C27H40N8O5S/c1-41-13-10-20(33-23(36)18(28)7-4-11-31-27(29)30)25(38)35-12-5-9-22(35)24(37)34-21(26(39)40)14-16-15-32-19-8-3-2-6-17(16)19/h2-3,6,8,15,18,20-22,32H,4-5,7,9-14,28H2,1H3,(H,33,36)(H,34,37)(H,39,40)(H4,29,30,31). The number of carbonyl (C=O) groups excluding carboxylic acids is 3. The minimum atomic E-state index is -1.18. The Balaban J connectivity index is 1.66. The predicted octanol–water partition coefficient (Wildman–Crippen LogP) is -0.110. The van der Waals surface area contributed by atoms with Crippen molar-refractivity contribution in [2.45, 2.75) is 62.7 Å². The monoisotopic (exact) mass is 588 g/mol. The molecule has 10 N–H and O–H groups in total. The van der Waals surface area contributed by atoms with E-state index in [2.05, 4.69) is 20.6 Å². The molecule has 2 heterocycles. The molecule has 4 atom stereocenters. The molecule has 1 fully saturated rings. The Bertz CT molecular complexity index is 1250. The van der Waals surface area contributed by atoms with Gasteiger partial charge in [-0.15, -0.1) is 0 Å². The summed E-state index contributed by atoms with van der Waals surface area (Å²) in [6.07, 6.45) is 5.87. The molecule has 2 aromatic rings. The zero-order valence-electron chi connectivity index (χ0n) is 23.2. The van der Waals surface area contributed by atoms with Crippen LogP contribution in [0.4, 0.5) is 0 Å². The van der Waals surface area contributed by atoms with Crippen LogP contribution in [0.2, 0.25) is 0 Å². The lowest BCUT2D eigenvalue weighted by Gasteiger charge is -2.30. The highest BCUT2D eigenvalue weighted by atomic mass is 32.2. The summed E-state index contributed by atoms with van der Waals surface area (Å²) in [5.41, 5.74) is 18.3. The summed E-state index contributed by atoms with van der Waals surface area (Å²) in [6.45, 7) is 0.660. The zero-order chi connectivity index (χ0) is 29.9. The van der Waals surface area contributed by atoms with Gasteiger partial charge in [0.1, 0.15) is 18.1 Å². The predicted molar refractivity (Wildman–Crippen MR) is 159 cm³/mol. The number of rotatable bonds is 15. The molecule has 1 saturated heterocycles. The number of hydrogen-bond donors (Lipinski definition) is 7.